The molecule has 2 aromatic heterocycles. The molecule has 1 saturated heterocycles. The van der Waals surface area contributed by atoms with Gasteiger partial charge >= 0.3 is 11.8 Å². The molecular formula is C16H22ClN5O3. The average molecular weight is 368 g/mol. The van der Waals surface area contributed by atoms with Crippen LogP contribution < -0.4 is 11.4 Å². The number of nitrogens with zero attached hydrogens (tertiary/aromatic N) is 3. The van der Waals surface area contributed by atoms with Gasteiger partial charge in [0.25, 0.3) is 0 Å². The third-order valence-electron chi connectivity index (χ3n) is 4.22. The van der Waals surface area contributed by atoms with Crippen molar-refractivity contribution in [1.82, 2.24) is 19.4 Å². The van der Waals surface area contributed by atoms with Crippen LogP contribution in [0.5, 0.6) is 0 Å². The first kappa shape index (κ1) is 17.6. The standard InChI is InChI=1S/C16H22ClN5O3/c1-16(2,3)25-15(24)21-6-4-9(5-7-21)22-12-10(20-14(22)23)8-19-13(17)11(12)18/h8-9H,4-7,18H2,1-3H3,(H,20,23). The summed E-state index contributed by atoms with van der Waals surface area (Å²) in [4.78, 5) is 32.9. The smallest absolute Gasteiger partial charge is 0.410 e. The van der Waals surface area contributed by atoms with E-state index in [0.717, 1.165) is 0 Å². The lowest BCUT2D eigenvalue weighted by atomic mass is 10.0. The largest absolute Gasteiger partial charge is 0.444 e. The summed E-state index contributed by atoms with van der Waals surface area (Å²) in [6.07, 6.45) is 2.43. The van der Waals surface area contributed by atoms with Crippen LogP contribution in [0, 0.1) is 0 Å². The first-order chi connectivity index (χ1) is 11.7. The Bertz CT molecular complexity index is 859. The number of nitrogens with one attached hydrogen (secondary N) is 1. The number of rotatable bonds is 1. The highest BCUT2D eigenvalue weighted by Gasteiger charge is 2.29. The molecule has 0 atom stereocenters. The Balaban J connectivity index is 1.81. The van der Waals surface area contributed by atoms with Crippen molar-refractivity contribution in [1.29, 1.82) is 0 Å². The van der Waals surface area contributed by atoms with Gasteiger partial charge in [-0.3, -0.25) is 4.57 Å². The van der Waals surface area contributed by atoms with Gasteiger partial charge < -0.3 is 20.4 Å². The fraction of sp³-hybridized carbons (Fsp3) is 0.562. The lowest BCUT2D eigenvalue weighted by Gasteiger charge is -2.33. The summed E-state index contributed by atoms with van der Waals surface area (Å²) in [5.41, 5.74) is 6.66. The second-order valence-electron chi connectivity index (χ2n) is 7.22. The second kappa shape index (κ2) is 6.25. The molecule has 3 heterocycles. The van der Waals surface area contributed by atoms with E-state index in [2.05, 4.69) is 9.97 Å². The highest BCUT2D eigenvalue weighted by atomic mass is 35.5. The topological polar surface area (TPSA) is 106 Å². The van der Waals surface area contributed by atoms with Gasteiger partial charge in [0, 0.05) is 19.1 Å². The third-order valence-corrected chi connectivity index (χ3v) is 4.52. The molecule has 0 bridgehead atoms. The number of halogens is 1. The summed E-state index contributed by atoms with van der Waals surface area (Å²) in [5, 5.41) is 0.173. The molecule has 0 spiro atoms. The fourth-order valence-electron chi connectivity index (χ4n) is 3.10. The lowest BCUT2D eigenvalue weighted by molar-refractivity contribution is 0.0189. The Morgan fingerprint density at radius 2 is 2.04 bits per heavy atom. The van der Waals surface area contributed by atoms with Crippen LogP contribution in [0.3, 0.4) is 0 Å². The van der Waals surface area contributed by atoms with Crippen molar-refractivity contribution in [3.05, 3.63) is 21.8 Å². The maximum Gasteiger partial charge on any atom is 0.410 e. The minimum absolute atomic E-state index is 0.0688. The number of hydrogen-bond acceptors (Lipinski definition) is 5. The van der Waals surface area contributed by atoms with E-state index in [9.17, 15) is 9.59 Å². The zero-order chi connectivity index (χ0) is 18.4. The van der Waals surface area contributed by atoms with Crippen molar-refractivity contribution in [3.63, 3.8) is 0 Å². The number of aromatic nitrogens is 3. The summed E-state index contributed by atoms with van der Waals surface area (Å²) in [6.45, 7) is 6.53. The van der Waals surface area contributed by atoms with E-state index >= 15 is 0 Å². The molecule has 1 fully saturated rings. The molecule has 25 heavy (non-hydrogen) atoms. The summed E-state index contributed by atoms with van der Waals surface area (Å²) in [7, 11) is 0. The third kappa shape index (κ3) is 3.44. The van der Waals surface area contributed by atoms with Gasteiger partial charge in [-0.2, -0.15) is 0 Å². The van der Waals surface area contributed by atoms with Crippen LogP contribution in [-0.2, 0) is 4.74 Å². The molecule has 3 rings (SSSR count). The molecule has 8 nitrogen and oxygen atoms in total. The average Bonchev–Trinajstić information content (AvgIpc) is 2.86. The number of amides is 1. The van der Waals surface area contributed by atoms with E-state index in [0.29, 0.717) is 37.0 Å². The molecule has 0 radical (unpaired) electrons. The van der Waals surface area contributed by atoms with Gasteiger partial charge in [0.2, 0.25) is 0 Å². The Labute approximate surface area is 149 Å². The number of nitrogen functional groups attached to an aromatic ring is 1. The zero-order valence-corrected chi connectivity index (χ0v) is 15.3. The van der Waals surface area contributed by atoms with Gasteiger partial charge in [-0.05, 0) is 33.6 Å². The normalized spacial score (nSPS) is 16.4. The number of carbonyl (C=O) groups excluding carboxylic acids is 1. The van der Waals surface area contributed by atoms with Gasteiger partial charge in [-0.25, -0.2) is 14.6 Å². The van der Waals surface area contributed by atoms with E-state index in [4.69, 9.17) is 22.1 Å². The van der Waals surface area contributed by atoms with E-state index in [-0.39, 0.29) is 28.7 Å². The number of hydrogen-bond donors (Lipinski definition) is 2. The summed E-state index contributed by atoms with van der Waals surface area (Å²) in [5.74, 6) is 0. The number of likely N-dealkylation sites (tertiary alicyclic amines) is 1. The van der Waals surface area contributed by atoms with Gasteiger partial charge in [-0.1, -0.05) is 11.6 Å². The number of carbonyl (C=O) groups is 1. The van der Waals surface area contributed by atoms with E-state index in [1.54, 1.807) is 9.47 Å². The van der Waals surface area contributed by atoms with Crippen LogP contribution in [0.1, 0.15) is 39.7 Å². The maximum atomic E-state index is 12.4. The molecule has 0 aliphatic carbocycles. The number of piperidine rings is 1. The van der Waals surface area contributed by atoms with Crippen LogP contribution in [0.4, 0.5) is 10.5 Å². The van der Waals surface area contributed by atoms with Crippen molar-refractivity contribution in [3.8, 4) is 0 Å². The minimum Gasteiger partial charge on any atom is -0.444 e. The van der Waals surface area contributed by atoms with E-state index < -0.39 is 5.60 Å². The first-order valence-electron chi connectivity index (χ1n) is 8.19. The number of aromatic amines is 1. The second-order valence-corrected chi connectivity index (χ2v) is 7.58. The molecule has 1 aliphatic rings. The van der Waals surface area contributed by atoms with Crippen LogP contribution in [0.25, 0.3) is 11.0 Å². The molecule has 2 aromatic rings. The summed E-state index contributed by atoms with van der Waals surface area (Å²) in [6, 6.07) is -0.0688. The quantitative estimate of drug-likeness (QED) is 0.753. The molecule has 3 N–H and O–H groups in total. The van der Waals surface area contributed by atoms with Crippen LogP contribution in [-0.4, -0.2) is 44.2 Å². The minimum atomic E-state index is -0.528. The van der Waals surface area contributed by atoms with Crippen LogP contribution >= 0.6 is 11.6 Å². The fourth-order valence-corrected chi connectivity index (χ4v) is 3.24. The first-order valence-corrected chi connectivity index (χ1v) is 8.57. The van der Waals surface area contributed by atoms with Crippen molar-refractivity contribution < 1.29 is 9.53 Å². The van der Waals surface area contributed by atoms with E-state index in [1.807, 2.05) is 20.8 Å². The molecule has 0 saturated carbocycles. The molecule has 0 unspecified atom stereocenters. The number of anilines is 1. The van der Waals surface area contributed by atoms with Crippen LogP contribution in [0.15, 0.2) is 11.0 Å². The molecule has 1 aliphatic heterocycles. The van der Waals surface area contributed by atoms with Crippen molar-refractivity contribution in [2.24, 2.45) is 0 Å². The summed E-state index contributed by atoms with van der Waals surface area (Å²) < 4.78 is 7.03. The number of imidazole rings is 1. The van der Waals surface area contributed by atoms with Gasteiger partial charge in [0.15, 0.2) is 5.15 Å². The monoisotopic (exact) mass is 367 g/mol. The zero-order valence-electron chi connectivity index (χ0n) is 14.5. The lowest BCUT2D eigenvalue weighted by Crippen LogP contribution is -2.43. The summed E-state index contributed by atoms with van der Waals surface area (Å²) >= 11 is 6.00. The number of H-pyrrole nitrogens is 1. The van der Waals surface area contributed by atoms with E-state index in [1.165, 1.54) is 6.20 Å². The number of nitrogens with two attached hydrogens (primary N) is 1. The molecule has 0 aromatic carbocycles. The number of pyridine rings is 1. The predicted molar refractivity (Wildman–Crippen MR) is 95.9 cm³/mol. The SMILES string of the molecule is CC(C)(C)OC(=O)N1CCC(n2c(=O)[nH]c3cnc(Cl)c(N)c32)CC1. The Morgan fingerprint density at radius 1 is 1.40 bits per heavy atom. The predicted octanol–water partition coefficient (Wildman–Crippen LogP) is 2.53. The number of ether oxygens (including phenoxy) is 1. The molecule has 9 heteroatoms. The molecule has 1 amide bonds. The molecule has 136 valence electrons. The van der Waals surface area contributed by atoms with Crippen molar-refractivity contribution in [2.75, 3.05) is 18.8 Å². The van der Waals surface area contributed by atoms with Crippen molar-refractivity contribution >= 4 is 34.4 Å². The van der Waals surface area contributed by atoms with Gasteiger partial charge in [-0.15, -0.1) is 0 Å². The Hall–Kier alpha value is -2.22. The Morgan fingerprint density at radius 3 is 2.64 bits per heavy atom. The van der Waals surface area contributed by atoms with Crippen LogP contribution in [0.2, 0.25) is 5.15 Å². The van der Waals surface area contributed by atoms with Crippen molar-refractivity contribution in [2.45, 2.75) is 45.3 Å². The Kier molecular flexibility index (Phi) is 4.40. The highest BCUT2D eigenvalue weighted by molar-refractivity contribution is 6.33. The van der Waals surface area contributed by atoms with Gasteiger partial charge in [0.05, 0.1) is 22.9 Å². The molecular weight excluding hydrogens is 346 g/mol. The highest BCUT2D eigenvalue weighted by Crippen LogP contribution is 2.30. The number of fused-ring (bicyclic) bond motifs is 1. The maximum absolute atomic E-state index is 12.4. The van der Waals surface area contributed by atoms with Gasteiger partial charge in [0.1, 0.15) is 5.60 Å².